The van der Waals surface area contributed by atoms with Gasteiger partial charge in [-0.3, -0.25) is 9.59 Å². The molecule has 208 valence electrons. The molecule has 1 heterocycles. The van der Waals surface area contributed by atoms with Crippen molar-refractivity contribution in [3.8, 4) is 5.69 Å². The van der Waals surface area contributed by atoms with Gasteiger partial charge in [-0.05, 0) is 131 Å². The summed E-state index contributed by atoms with van der Waals surface area (Å²) in [6.07, 6.45) is 0. The van der Waals surface area contributed by atoms with Crippen LogP contribution >= 0.6 is 0 Å². The third-order valence-electron chi connectivity index (χ3n) is 9.90. The maximum atomic E-state index is 14.7. The summed E-state index contributed by atoms with van der Waals surface area (Å²) in [5, 5.41) is 12.6. The fourth-order valence-corrected chi connectivity index (χ4v) is 7.90. The van der Waals surface area contributed by atoms with Gasteiger partial charge in [-0.1, -0.05) is 71.9 Å². The zero-order chi connectivity index (χ0) is 29.8. The highest BCUT2D eigenvalue weighted by Gasteiger charge is 2.32. The Morgan fingerprint density at radius 1 is 0.524 bits per heavy atom. The second-order valence-electron chi connectivity index (χ2n) is 14.7. The SMILES string of the molecule is Cc1cc(C)c(C)c(-n2c(=O)c3c4cc(C(C)(C)C)c5ccc6ccc7c(C(C)(C)C)cc(c3c2=O)c2c7c6c5c42)c1. The first-order chi connectivity index (χ1) is 19.7. The Morgan fingerprint density at radius 2 is 0.976 bits per heavy atom. The molecule has 8 rings (SSSR count). The fourth-order valence-electron chi connectivity index (χ4n) is 7.90. The Kier molecular flexibility index (Phi) is 4.60. The number of nitrogens with zero attached hydrogens (tertiary/aromatic N) is 1. The third-order valence-corrected chi connectivity index (χ3v) is 9.90. The Morgan fingerprint density at radius 3 is 1.43 bits per heavy atom. The summed E-state index contributed by atoms with van der Waals surface area (Å²) < 4.78 is 1.45. The largest absolute Gasteiger partial charge is 0.268 e. The molecular formula is C39H35NO2. The van der Waals surface area contributed by atoms with Crippen molar-refractivity contribution < 1.29 is 0 Å². The van der Waals surface area contributed by atoms with Crippen LogP contribution in [0.2, 0.25) is 0 Å². The monoisotopic (exact) mass is 549 g/mol. The number of aryl methyl sites for hydroxylation is 2. The molecule has 0 radical (unpaired) electrons. The molecule has 0 amide bonds. The average molecular weight is 550 g/mol. The highest BCUT2D eigenvalue weighted by atomic mass is 16.2. The van der Waals surface area contributed by atoms with Gasteiger partial charge >= 0.3 is 0 Å². The molecule has 0 aliphatic heterocycles. The minimum absolute atomic E-state index is 0.154. The van der Waals surface area contributed by atoms with Gasteiger partial charge in [0.05, 0.1) is 16.5 Å². The predicted molar refractivity (Wildman–Crippen MR) is 180 cm³/mol. The molecule has 42 heavy (non-hydrogen) atoms. The number of rotatable bonds is 1. The van der Waals surface area contributed by atoms with E-state index in [4.69, 9.17) is 0 Å². The highest BCUT2D eigenvalue weighted by molar-refractivity contribution is 6.48. The highest BCUT2D eigenvalue weighted by Crippen LogP contribution is 2.53. The van der Waals surface area contributed by atoms with Crippen molar-refractivity contribution in [1.82, 2.24) is 4.57 Å². The third kappa shape index (κ3) is 2.91. The number of aromatic nitrogens is 1. The van der Waals surface area contributed by atoms with Gasteiger partial charge in [-0.2, -0.15) is 0 Å². The summed E-state index contributed by atoms with van der Waals surface area (Å²) in [7, 11) is 0. The van der Waals surface area contributed by atoms with E-state index in [0.717, 1.165) is 38.2 Å². The average Bonchev–Trinajstić information content (AvgIpc) is 3.40. The van der Waals surface area contributed by atoms with Crippen LogP contribution in [0.5, 0.6) is 0 Å². The molecule has 3 heteroatoms. The second kappa shape index (κ2) is 7.58. The molecule has 0 fully saturated rings. The lowest BCUT2D eigenvalue weighted by atomic mass is 9.80. The van der Waals surface area contributed by atoms with Crippen LogP contribution in [-0.4, -0.2) is 4.57 Å². The Balaban J connectivity index is 1.76. The first-order valence-corrected chi connectivity index (χ1v) is 15.0. The van der Waals surface area contributed by atoms with Crippen LogP contribution in [0.15, 0.2) is 58.1 Å². The van der Waals surface area contributed by atoms with E-state index in [1.54, 1.807) is 0 Å². The summed E-state index contributed by atoms with van der Waals surface area (Å²) >= 11 is 0. The van der Waals surface area contributed by atoms with E-state index in [1.807, 2.05) is 26.8 Å². The topological polar surface area (TPSA) is 39.1 Å². The normalized spacial score (nSPS) is 13.5. The molecule has 0 aliphatic carbocycles. The molecule has 3 nitrogen and oxygen atoms in total. The van der Waals surface area contributed by atoms with Crippen molar-refractivity contribution >= 4 is 64.6 Å². The molecule has 0 bridgehead atoms. The van der Waals surface area contributed by atoms with Crippen LogP contribution in [0.25, 0.3) is 70.3 Å². The van der Waals surface area contributed by atoms with Crippen molar-refractivity contribution in [2.75, 3.05) is 0 Å². The van der Waals surface area contributed by atoms with Gasteiger partial charge in [-0.25, -0.2) is 4.57 Å². The van der Waals surface area contributed by atoms with Crippen LogP contribution in [0.4, 0.5) is 0 Å². The minimum atomic E-state index is -0.218. The smallest absolute Gasteiger partial charge is 0.266 e. The fraction of sp³-hybridized carbons (Fsp3) is 0.282. The lowest BCUT2D eigenvalue weighted by molar-refractivity contribution is 0.596. The number of hydrogen-bond donors (Lipinski definition) is 0. The van der Waals surface area contributed by atoms with Crippen molar-refractivity contribution in [1.29, 1.82) is 0 Å². The van der Waals surface area contributed by atoms with E-state index in [0.29, 0.717) is 16.5 Å². The molecular weight excluding hydrogens is 514 g/mol. The van der Waals surface area contributed by atoms with Gasteiger partial charge in [0.2, 0.25) is 0 Å². The van der Waals surface area contributed by atoms with Crippen LogP contribution < -0.4 is 11.1 Å². The summed E-state index contributed by atoms with van der Waals surface area (Å²) in [5.41, 5.74) is 5.42. The van der Waals surface area contributed by atoms with Crippen LogP contribution in [0.1, 0.15) is 69.4 Å². The molecule has 0 N–H and O–H groups in total. The molecule has 0 saturated carbocycles. The Hall–Kier alpha value is -4.24. The quantitative estimate of drug-likeness (QED) is 0.191. The number of fused-ring (bicyclic) bond motifs is 3. The molecule has 1 aromatic heterocycles. The van der Waals surface area contributed by atoms with Gasteiger partial charge in [0.15, 0.2) is 0 Å². The van der Waals surface area contributed by atoms with E-state index in [1.165, 1.54) is 48.0 Å². The van der Waals surface area contributed by atoms with Crippen molar-refractivity contribution in [3.05, 3.63) is 97.1 Å². The van der Waals surface area contributed by atoms with E-state index in [9.17, 15) is 9.59 Å². The molecule has 0 saturated heterocycles. The van der Waals surface area contributed by atoms with E-state index >= 15 is 0 Å². The minimum Gasteiger partial charge on any atom is -0.268 e. The van der Waals surface area contributed by atoms with Crippen molar-refractivity contribution in [2.24, 2.45) is 0 Å². The Bertz CT molecular complexity index is 2390. The summed E-state index contributed by atoms with van der Waals surface area (Å²) in [4.78, 5) is 29.3. The molecule has 7 aromatic carbocycles. The van der Waals surface area contributed by atoms with Gasteiger partial charge in [0.1, 0.15) is 0 Å². The first kappa shape index (κ1) is 25.5. The van der Waals surface area contributed by atoms with Gasteiger partial charge in [0, 0.05) is 0 Å². The van der Waals surface area contributed by atoms with Gasteiger partial charge in [0.25, 0.3) is 11.1 Å². The van der Waals surface area contributed by atoms with Crippen LogP contribution in [0.3, 0.4) is 0 Å². The lowest BCUT2D eigenvalue weighted by Crippen LogP contribution is -2.24. The van der Waals surface area contributed by atoms with E-state index in [-0.39, 0.29) is 21.9 Å². The molecule has 0 aliphatic rings. The molecule has 0 spiro atoms. The van der Waals surface area contributed by atoms with E-state index < -0.39 is 0 Å². The molecule has 8 aromatic rings. The van der Waals surface area contributed by atoms with E-state index in [2.05, 4.69) is 84.0 Å². The second-order valence-corrected chi connectivity index (χ2v) is 14.7. The zero-order valence-corrected chi connectivity index (χ0v) is 25.9. The number of benzene rings is 6. The van der Waals surface area contributed by atoms with Crippen LogP contribution in [-0.2, 0) is 10.8 Å². The zero-order valence-electron chi connectivity index (χ0n) is 25.9. The molecule has 0 atom stereocenters. The maximum absolute atomic E-state index is 14.7. The van der Waals surface area contributed by atoms with Gasteiger partial charge < -0.3 is 0 Å². The molecule has 0 unspecified atom stereocenters. The van der Waals surface area contributed by atoms with Crippen molar-refractivity contribution in [2.45, 2.75) is 73.1 Å². The first-order valence-electron chi connectivity index (χ1n) is 15.0. The summed E-state index contributed by atoms with van der Waals surface area (Å²) in [5.74, 6) is 0. The maximum Gasteiger partial charge on any atom is 0.266 e. The van der Waals surface area contributed by atoms with Crippen LogP contribution in [0, 0.1) is 20.8 Å². The summed E-state index contributed by atoms with van der Waals surface area (Å²) in [6, 6.07) is 17.5. The lowest BCUT2D eigenvalue weighted by Gasteiger charge is -2.23. The Labute approximate surface area is 244 Å². The van der Waals surface area contributed by atoms with Crippen molar-refractivity contribution in [3.63, 3.8) is 0 Å². The summed E-state index contributed by atoms with van der Waals surface area (Å²) in [6.45, 7) is 19.5. The van der Waals surface area contributed by atoms with Gasteiger partial charge in [-0.15, -0.1) is 0 Å². The predicted octanol–water partition coefficient (Wildman–Crippen LogP) is 9.39. The number of hydrogen-bond acceptors (Lipinski definition) is 2. The standard InChI is InChI=1S/C39H35NO2/c1-18-14-19(2)20(3)28(15-18)40-36(41)34-24-16-26(38(4,5)6)22-12-10-21-11-13-23-27(39(7,8)9)17-25(35(34)37(40)42)33-31(23)29(21)30(22)32(24)33/h10-17H,1-9H3.